The molecule has 1 aliphatic carbocycles. The number of nitrogens with one attached hydrogen (secondary N) is 1. The molecule has 3 nitrogen and oxygen atoms in total. The van der Waals surface area contributed by atoms with E-state index in [0.29, 0.717) is 5.54 Å². The normalized spacial score (nSPS) is 19.3. The van der Waals surface area contributed by atoms with E-state index in [1.165, 1.54) is 25.0 Å². The minimum atomic E-state index is 0.392. The molecule has 0 saturated heterocycles. The molecule has 1 aromatic heterocycles. The quantitative estimate of drug-likeness (QED) is 0.792. The van der Waals surface area contributed by atoms with Crippen LogP contribution in [0.2, 0.25) is 0 Å². The maximum Gasteiger partial charge on any atom is 0.0948 e. The van der Waals surface area contributed by atoms with E-state index in [0.717, 1.165) is 13.1 Å². The first-order valence-corrected chi connectivity index (χ1v) is 5.47. The minimum Gasteiger partial charge on any atom is -0.334 e. The van der Waals surface area contributed by atoms with E-state index < -0.39 is 0 Å². The maximum atomic E-state index is 4.16. The monoisotopic (exact) mass is 193 g/mol. The van der Waals surface area contributed by atoms with Crippen LogP contribution in [0.5, 0.6) is 0 Å². The smallest absolute Gasteiger partial charge is 0.0948 e. The lowest BCUT2D eigenvalue weighted by Gasteiger charge is -2.39. The van der Waals surface area contributed by atoms with Crippen LogP contribution in [0.1, 0.15) is 38.8 Å². The van der Waals surface area contributed by atoms with E-state index in [4.69, 9.17) is 0 Å². The van der Waals surface area contributed by atoms with Gasteiger partial charge in [0.2, 0.25) is 0 Å². The van der Waals surface area contributed by atoms with E-state index in [2.05, 4.69) is 28.7 Å². The molecule has 0 aliphatic heterocycles. The Balaban J connectivity index is 1.91. The fraction of sp³-hybridized carbons (Fsp3) is 0.727. The summed E-state index contributed by atoms with van der Waals surface area (Å²) in [6, 6.07) is 0. The molecule has 0 spiro atoms. The minimum absolute atomic E-state index is 0.392. The van der Waals surface area contributed by atoms with Crippen molar-refractivity contribution in [1.82, 2.24) is 14.9 Å². The summed E-state index contributed by atoms with van der Waals surface area (Å²) in [5.41, 5.74) is 1.68. The van der Waals surface area contributed by atoms with Gasteiger partial charge in [0.25, 0.3) is 0 Å². The van der Waals surface area contributed by atoms with E-state index in [1.807, 2.05) is 12.5 Å². The Morgan fingerprint density at radius 3 is 2.93 bits per heavy atom. The van der Waals surface area contributed by atoms with Crippen molar-refractivity contribution < 1.29 is 0 Å². The van der Waals surface area contributed by atoms with Crippen molar-refractivity contribution in [2.24, 2.45) is 0 Å². The molecule has 0 unspecified atom stereocenters. The predicted octanol–water partition coefficient (Wildman–Crippen LogP) is 1.94. The predicted molar refractivity (Wildman–Crippen MR) is 57.0 cm³/mol. The van der Waals surface area contributed by atoms with Gasteiger partial charge in [0.05, 0.1) is 12.0 Å². The highest BCUT2D eigenvalue weighted by atomic mass is 15.1. The number of nitrogens with zero attached hydrogens (tertiary/aromatic N) is 2. The molecule has 1 aromatic rings. The highest BCUT2D eigenvalue weighted by Gasteiger charge is 2.30. The Labute approximate surface area is 85.5 Å². The van der Waals surface area contributed by atoms with Crippen LogP contribution >= 0.6 is 0 Å². The van der Waals surface area contributed by atoms with Crippen molar-refractivity contribution in [3.8, 4) is 0 Å². The zero-order chi connectivity index (χ0) is 10.0. The van der Waals surface area contributed by atoms with Crippen molar-refractivity contribution in [3.63, 3.8) is 0 Å². The topological polar surface area (TPSA) is 29.9 Å². The summed E-state index contributed by atoms with van der Waals surface area (Å²) >= 11 is 0. The zero-order valence-corrected chi connectivity index (χ0v) is 9.08. The average molecular weight is 193 g/mol. The van der Waals surface area contributed by atoms with Crippen molar-refractivity contribution in [2.75, 3.05) is 0 Å². The van der Waals surface area contributed by atoms with Crippen LogP contribution < -0.4 is 5.32 Å². The SMILES string of the molecule is CCn1cncc1CNC1(C)CCC1. The Morgan fingerprint density at radius 1 is 1.57 bits per heavy atom. The molecule has 1 heterocycles. The van der Waals surface area contributed by atoms with Gasteiger partial charge in [-0.2, -0.15) is 0 Å². The summed E-state index contributed by atoms with van der Waals surface area (Å²) in [7, 11) is 0. The first-order valence-electron chi connectivity index (χ1n) is 5.47. The van der Waals surface area contributed by atoms with Gasteiger partial charge in [-0.05, 0) is 33.1 Å². The molecule has 0 atom stereocenters. The van der Waals surface area contributed by atoms with Gasteiger partial charge in [-0.3, -0.25) is 0 Å². The van der Waals surface area contributed by atoms with Crippen molar-refractivity contribution >= 4 is 0 Å². The van der Waals surface area contributed by atoms with E-state index >= 15 is 0 Å². The number of imidazole rings is 1. The Hall–Kier alpha value is -0.830. The van der Waals surface area contributed by atoms with E-state index in [9.17, 15) is 0 Å². The molecule has 1 aliphatic rings. The Morgan fingerprint density at radius 2 is 2.36 bits per heavy atom. The van der Waals surface area contributed by atoms with Gasteiger partial charge in [0, 0.05) is 24.8 Å². The third-order valence-electron chi connectivity index (χ3n) is 3.29. The highest BCUT2D eigenvalue weighted by molar-refractivity contribution is 5.01. The number of hydrogen-bond acceptors (Lipinski definition) is 2. The van der Waals surface area contributed by atoms with Crippen LogP contribution in [0.3, 0.4) is 0 Å². The van der Waals surface area contributed by atoms with Crippen LogP contribution in [0.4, 0.5) is 0 Å². The van der Waals surface area contributed by atoms with Gasteiger partial charge < -0.3 is 9.88 Å². The molecule has 0 amide bonds. The summed E-state index contributed by atoms with van der Waals surface area (Å²) < 4.78 is 2.19. The largest absolute Gasteiger partial charge is 0.334 e. The lowest BCUT2D eigenvalue weighted by Crippen LogP contribution is -2.47. The number of aryl methyl sites for hydroxylation is 1. The fourth-order valence-electron chi connectivity index (χ4n) is 1.97. The Kier molecular flexibility index (Phi) is 2.59. The lowest BCUT2D eigenvalue weighted by molar-refractivity contribution is 0.205. The van der Waals surface area contributed by atoms with Crippen LogP contribution in [0, 0.1) is 0 Å². The molecule has 1 fully saturated rings. The molecule has 0 radical (unpaired) electrons. The summed E-state index contributed by atoms with van der Waals surface area (Å²) in [6.45, 7) is 6.41. The second-order valence-electron chi connectivity index (χ2n) is 4.44. The number of hydrogen-bond donors (Lipinski definition) is 1. The number of rotatable bonds is 4. The van der Waals surface area contributed by atoms with Crippen molar-refractivity contribution in [3.05, 3.63) is 18.2 Å². The molecule has 2 rings (SSSR count). The molecule has 14 heavy (non-hydrogen) atoms. The average Bonchev–Trinajstić information content (AvgIpc) is 2.58. The summed E-state index contributed by atoms with van der Waals surface area (Å²) in [6.07, 6.45) is 7.86. The van der Waals surface area contributed by atoms with E-state index in [-0.39, 0.29) is 0 Å². The molecular formula is C11H19N3. The molecular weight excluding hydrogens is 174 g/mol. The van der Waals surface area contributed by atoms with Crippen LogP contribution in [-0.4, -0.2) is 15.1 Å². The first-order chi connectivity index (χ1) is 6.73. The van der Waals surface area contributed by atoms with Crippen molar-refractivity contribution in [2.45, 2.75) is 51.7 Å². The van der Waals surface area contributed by atoms with Crippen molar-refractivity contribution in [1.29, 1.82) is 0 Å². The molecule has 0 bridgehead atoms. The molecule has 0 aromatic carbocycles. The molecule has 78 valence electrons. The maximum absolute atomic E-state index is 4.16. The summed E-state index contributed by atoms with van der Waals surface area (Å²) in [4.78, 5) is 4.16. The highest BCUT2D eigenvalue weighted by Crippen LogP contribution is 2.31. The standard InChI is InChI=1S/C11H19N3/c1-3-14-9-12-7-10(14)8-13-11(2)5-4-6-11/h7,9,13H,3-6,8H2,1-2H3. The van der Waals surface area contributed by atoms with E-state index in [1.54, 1.807) is 0 Å². The van der Waals surface area contributed by atoms with Crippen LogP contribution in [0.15, 0.2) is 12.5 Å². The van der Waals surface area contributed by atoms with Crippen LogP contribution in [-0.2, 0) is 13.1 Å². The third-order valence-corrected chi connectivity index (χ3v) is 3.29. The second kappa shape index (κ2) is 3.73. The Bertz CT molecular complexity index is 299. The van der Waals surface area contributed by atoms with Gasteiger partial charge in [-0.1, -0.05) is 0 Å². The molecule has 1 N–H and O–H groups in total. The zero-order valence-electron chi connectivity index (χ0n) is 9.08. The second-order valence-corrected chi connectivity index (χ2v) is 4.44. The van der Waals surface area contributed by atoms with Gasteiger partial charge in [0.1, 0.15) is 0 Å². The molecule has 1 saturated carbocycles. The lowest BCUT2D eigenvalue weighted by atomic mass is 9.78. The van der Waals surface area contributed by atoms with Gasteiger partial charge >= 0.3 is 0 Å². The number of aromatic nitrogens is 2. The summed E-state index contributed by atoms with van der Waals surface area (Å²) in [5.74, 6) is 0. The van der Waals surface area contributed by atoms with Gasteiger partial charge in [-0.15, -0.1) is 0 Å². The van der Waals surface area contributed by atoms with Crippen LogP contribution in [0.25, 0.3) is 0 Å². The fourth-order valence-corrected chi connectivity index (χ4v) is 1.97. The van der Waals surface area contributed by atoms with Gasteiger partial charge in [0.15, 0.2) is 0 Å². The van der Waals surface area contributed by atoms with Gasteiger partial charge in [-0.25, -0.2) is 4.98 Å². The molecule has 3 heteroatoms. The first kappa shape index (κ1) is 9.71. The summed E-state index contributed by atoms with van der Waals surface area (Å²) in [5, 5.41) is 3.61. The third kappa shape index (κ3) is 1.82.